The zero-order valence-corrected chi connectivity index (χ0v) is 14.6. The highest BCUT2D eigenvalue weighted by atomic mass is 16.2. The maximum atomic E-state index is 12.5. The maximum absolute atomic E-state index is 12.5. The minimum Gasteiger partial charge on any atom is -0.274 e. The molecule has 1 saturated heterocycles. The Morgan fingerprint density at radius 3 is 2.39 bits per heavy atom. The summed E-state index contributed by atoms with van der Waals surface area (Å²) in [6, 6.07) is 7.65. The van der Waals surface area contributed by atoms with E-state index >= 15 is 0 Å². The monoisotopic (exact) mass is 311 g/mol. The van der Waals surface area contributed by atoms with Crippen LogP contribution in [0.3, 0.4) is 0 Å². The van der Waals surface area contributed by atoms with Gasteiger partial charge < -0.3 is 0 Å². The van der Waals surface area contributed by atoms with Gasteiger partial charge in [0.1, 0.15) is 0 Å². The Morgan fingerprint density at radius 2 is 1.87 bits per heavy atom. The molecule has 1 aromatic rings. The van der Waals surface area contributed by atoms with Crippen LogP contribution in [0.2, 0.25) is 5.31 Å². The normalized spacial score (nSPS) is 20.2. The summed E-state index contributed by atoms with van der Waals surface area (Å²) in [4.78, 5) is 26.1. The van der Waals surface area contributed by atoms with Gasteiger partial charge in [-0.15, -0.1) is 0 Å². The third kappa shape index (κ3) is 3.85. The molecule has 3 nitrogen and oxygen atoms in total. The number of carbonyl (C=O) groups is 2. The van der Waals surface area contributed by atoms with E-state index in [2.05, 4.69) is 13.8 Å². The van der Waals surface area contributed by atoms with Gasteiger partial charge in [-0.05, 0) is 30.0 Å². The SMILES string of the molecule is [B]C(C)(C)C(C)c1ccc(N2C(=O)CC(CCCC)C2=O)cc1. The summed E-state index contributed by atoms with van der Waals surface area (Å²) in [5, 5.41) is -0.313. The number of benzene rings is 1. The van der Waals surface area contributed by atoms with Crippen molar-refractivity contribution in [2.75, 3.05) is 4.90 Å². The van der Waals surface area contributed by atoms with Crippen molar-refractivity contribution >= 4 is 25.3 Å². The van der Waals surface area contributed by atoms with Gasteiger partial charge >= 0.3 is 0 Å². The number of imide groups is 1. The molecule has 1 aromatic carbocycles. The van der Waals surface area contributed by atoms with Crippen molar-refractivity contribution in [3.05, 3.63) is 29.8 Å². The second kappa shape index (κ2) is 6.90. The molecule has 0 aromatic heterocycles. The molecule has 2 radical (unpaired) electrons. The molecule has 0 N–H and O–H groups in total. The van der Waals surface area contributed by atoms with Crippen molar-refractivity contribution in [1.82, 2.24) is 0 Å². The van der Waals surface area contributed by atoms with Crippen LogP contribution in [0.15, 0.2) is 24.3 Å². The standard InChI is InChI=1S/C19H26BNO2/c1-5-6-7-15-12-17(22)21(18(15)23)16-10-8-14(9-11-16)13(2)19(3,4)20/h8-11,13,15H,5-7,12H2,1-4H3. The van der Waals surface area contributed by atoms with E-state index in [0.717, 1.165) is 24.8 Å². The van der Waals surface area contributed by atoms with Crippen LogP contribution in [-0.2, 0) is 9.59 Å². The number of nitrogens with zero attached hydrogens (tertiary/aromatic N) is 1. The highest BCUT2D eigenvalue weighted by Gasteiger charge is 2.38. The van der Waals surface area contributed by atoms with Crippen molar-refractivity contribution in [1.29, 1.82) is 0 Å². The van der Waals surface area contributed by atoms with E-state index in [-0.39, 0.29) is 29.0 Å². The second-order valence-electron chi connectivity index (χ2n) is 7.25. The first-order valence-corrected chi connectivity index (χ1v) is 8.51. The smallest absolute Gasteiger partial charge is 0.237 e. The topological polar surface area (TPSA) is 37.4 Å². The zero-order valence-electron chi connectivity index (χ0n) is 14.6. The summed E-state index contributed by atoms with van der Waals surface area (Å²) < 4.78 is 0. The molecule has 122 valence electrons. The second-order valence-corrected chi connectivity index (χ2v) is 7.25. The fraction of sp³-hybridized carbons (Fsp3) is 0.579. The van der Waals surface area contributed by atoms with Crippen LogP contribution >= 0.6 is 0 Å². The van der Waals surface area contributed by atoms with Crippen LogP contribution in [0.25, 0.3) is 0 Å². The molecule has 1 fully saturated rings. The van der Waals surface area contributed by atoms with Gasteiger partial charge in [-0.2, -0.15) is 0 Å². The predicted molar refractivity (Wildman–Crippen MR) is 94.8 cm³/mol. The molecule has 2 atom stereocenters. The van der Waals surface area contributed by atoms with Crippen molar-refractivity contribution in [2.24, 2.45) is 5.92 Å². The fourth-order valence-electron chi connectivity index (χ4n) is 2.98. The molecule has 0 bridgehead atoms. The van der Waals surface area contributed by atoms with Gasteiger partial charge in [-0.25, -0.2) is 0 Å². The number of carbonyl (C=O) groups excluding carboxylic acids is 2. The lowest BCUT2D eigenvalue weighted by Gasteiger charge is -2.28. The molecule has 4 heteroatoms. The highest BCUT2D eigenvalue weighted by molar-refractivity contribution is 6.20. The Balaban J connectivity index is 2.16. The summed E-state index contributed by atoms with van der Waals surface area (Å²) in [6.45, 7) is 8.18. The van der Waals surface area contributed by atoms with Crippen LogP contribution in [0.1, 0.15) is 64.9 Å². The van der Waals surface area contributed by atoms with E-state index in [9.17, 15) is 9.59 Å². The number of hydrogen-bond donors (Lipinski definition) is 0. The minimum absolute atomic E-state index is 0.0524. The molecule has 2 unspecified atom stereocenters. The van der Waals surface area contributed by atoms with Crippen molar-refractivity contribution in [3.8, 4) is 0 Å². The van der Waals surface area contributed by atoms with Gasteiger partial charge in [0.15, 0.2) is 0 Å². The van der Waals surface area contributed by atoms with E-state index < -0.39 is 0 Å². The Labute approximate surface area is 140 Å². The average molecular weight is 311 g/mol. The van der Waals surface area contributed by atoms with Crippen molar-refractivity contribution in [2.45, 2.75) is 64.6 Å². The number of amides is 2. The van der Waals surface area contributed by atoms with Gasteiger partial charge in [-0.3, -0.25) is 14.5 Å². The molecular weight excluding hydrogens is 285 g/mol. The molecule has 0 aliphatic carbocycles. The lowest BCUT2D eigenvalue weighted by molar-refractivity contribution is -0.122. The van der Waals surface area contributed by atoms with E-state index in [1.165, 1.54) is 4.90 Å². The number of anilines is 1. The lowest BCUT2D eigenvalue weighted by Crippen LogP contribution is -2.30. The third-order valence-electron chi connectivity index (χ3n) is 4.91. The van der Waals surface area contributed by atoms with Crippen molar-refractivity contribution in [3.63, 3.8) is 0 Å². The fourth-order valence-corrected chi connectivity index (χ4v) is 2.98. The number of unbranched alkanes of at least 4 members (excludes halogenated alkanes) is 1. The van der Waals surface area contributed by atoms with E-state index in [4.69, 9.17) is 7.85 Å². The van der Waals surface area contributed by atoms with Gasteiger partial charge in [0.25, 0.3) is 0 Å². The summed E-state index contributed by atoms with van der Waals surface area (Å²) in [6.07, 6.45) is 3.17. The molecule has 23 heavy (non-hydrogen) atoms. The Morgan fingerprint density at radius 1 is 1.26 bits per heavy atom. The first-order valence-electron chi connectivity index (χ1n) is 8.51. The Bertz CT molecular complexity index is 574. The first kappa shape index (κ1) is 17.8. The van der Waals surface area contributed by atoms with Crippen LogP contribution in [-0.4, -0.2) is 19.7 Å². The van der Waals surface area contributed by atoms with Crippen molar-refractivity contribution < 1.29 is 9.59 Å². The van der Waals surface area contributed by atoms with Gasteiger partial charge in [-0.1, -0.05) is 58.0 Å². The first-order chi connectivity index (χ1) is 10.8. The average Bonchev–Trinajstić information content (AvgIpc) is 2.78. The number of rotatable bonds is 6. The van der Waals surface area contributed by atoms with E-state index in [0.29, 0.717) is 12.1 Å². The predicted octanol–water partition coefficient (Wildman–Crippen LogP) is 4.23. The summed E-state index contributed by atoms with van der Waals surface area (Å²) in [7, 11) is 6.16. The largest absolute Gasteiger partial charge is 0.274 e. The molecule has 2 amide bonds. The zero-order chi connectivity index (χ0) is 17.2. The molecule has 1 aliphatic heterocycles. The molecule has 0 saturated carbocycles. The van der Waals surface area contributed by atoms with Crippen LogP contribution in [0.5, 0.6) is 0 Å². The maximum Gasteiger partial charge on any atom is 0.237 e. The van der Waals surface area contributed by atoms with Gasteiger partial charge in [0.05, 0.1) is 13.5 Å². The highest BCUT2D eigenvalue weighted by Crippen LogP contribution is 2.39. The molecular formula is C19H26BNO2. The van der Waals surface area contributed by atoms with Crippen LogP contribution in [0, 0.1) is 5.92 Å². The minimum atomic E-state index is -0.313. The summed E-state index contributed by atoms with van der Waals surface area (Å²) in [5.41, 5.74) is 1.78. The summed E-state index contributed by atoms with van der Waals surface area (Å²) in [5.74, 6) is -0.0951. The third-order valence-corrected chi connectivity index (χ3v) is 4.91. The quantitative estimate of drug-likeness (QED) is 0.582. The lowest BCUT2D eigenvalue weighted by atomic mass is 9.62. The molecule has 1 aliphatic rings. The van der Waals surface area contributed by atoms with Crippen LogP contribution in [0.4, 0.5) is 5.69 Å². The Kier molecular flexibility index (Phi) is 5.33. The molecule has 0 spiro atoms. The van der Waals surface area contributed by atoms with E-state index in [1.54, 1.807) is 0 Å². The van der Waals surface area contributed by atoms with Crippen LogP contribution < -0.4 is 4.90 Å². The Hall–Kier alpha value is -1.58. The molecule has 2 rings (SSSR count). The van der Waals surface area contributed by atoms with E-state index in [1.807, 2.05) is 38.1 Å². The van der Waals surface area contributed by atoms with Gasteiger partial charge in [0, 0.05) is 12.3 Å². The molecule has 1 heterocycles. The summed E-state index contributed by atoms with van der Waals surface area (Å²) >= 11 is 0. The number of hydrogen-bond acceptors (Lipinski definition) is 2. The van der Waals surface area contributed by atoms with Gasteiger partial charge in [0.2, 0.25) is 11.8 Å².